The van der Waals surface area contributed by atoms with Crippen molar-refractivity contribution in [2.24, 2.45) is 5.73 Å². The molecule has 2 N–H and O–H groups in total. The van der Waals surface area contributed by atoms with Crippen molar-refractivity contribution in [2.45, 2.75) is 63.6 Å². The van der Waals surface area contributed by atoms with Crippen molar-refractivity contribution in [1.82, 2.24) is 5.06 Å². The van der Waals surface area contributed by atoms with Gasteiger partial charge in [-0.25, -0.2) is 5.06 Å². The first kappa shape index (κ1) is 19.1. The number of hydrogen-bond acceptors (Lipinski definition) is 5. The van der Waals surface area contributed by atoms with Crippen LogP contribution in [0.3, 0.4) is 0 Å². The molecule has 0 spiro atoms. The Morgan fingerprint density at radius 1 is 1.36 bits per heavy atom. The summed E-state index contributed by atoms with van der Waals surface area (Å²) in [6.45, 7) is 12.3. The lowest BCUT2D eigenvalue weighted by Crippen LogP contribution is -2.51. The molecule has 1 aliphatic rings. The average Bonchev–Trinajstić information content (AvgIpc) is 3.11. The quantitative estimate of drug-likeness (QED) is 0.339. The zero-order valence-corrected chi connectivity index (χ0v) is 15.7. The second-order valence-electron chi connectivity index (χ2n) is 7.21. The standard InChI is InChI=1S/C14H28N2O5Si/c1-9(21-22(7,8)13(2,3)4)10-14(20-10,11(15)17)12(18)16(5)19-6/h9-10H,1-8H3,(H2,15,17)/t9-,10+,14+/m1/s1. The Morgan fingerprint density at radius 3 is 2.23 bits per heavy atom. The molecule has 0 aromatic heterocycles. The zero-order chi connectivity index (χ0) is 17.5. The third-order valence-corrected chi connectivity index (χ3v) is 9.19. The number of carbonyl (C=O) groups is 2. The molecule has 0 unspecified atom stereocenters. The Labute approximate surface area is 133 Å². The number of nitrogens with zero attached hydrogens (tertiary/aromatic N) is 1. The second kappa shape index (κ2) is 5.92. The summed E-state index contributed by atoms with van der Waals surface area (Å²) < 4.78 is 11.6. The van der Waals surface area contributed by atoms with Crippen LogP contribution in [0.2, 0.25) is 18.1 Å². The van der Waals surface area contributed by atoms with E-state index in [2.05, 4.69) is 33.9 Å². The van der Waals surface area contributed by atoms with Crippen LogP contribution in [0.15, 0.2) is 0 Å². The molecule has 2 amide bonds. The van der Waals surface area contributed by atoms with Crippen LogP contribution in [0.4, 0.5) is 0 Å². The summed E-state index contributed by atoms with van der Waals surface area (Å²) in [6.07, 6.45) is -1.10. The van der Waals surface area contributed by atoms with E-state index in [9.17, 15) is 9.59 Å². The minimum Gasteiger partial charge on any atom is -0.411 e. The normalized spacial score (nSPS) is 26.5. The van der Waals surface area contributed by atoms with Crippen molar-refractivity contribution in [3.8, 4) is 0 Å². The van der Waals surface area contributed by atoms with Crippen molar-refractivity contribution in [1.29, 1.82) is 0 Å². The molecule has 1 fully saturated rings. The maximum absolute atomic E-state index is 12.3. The van der Waals surface area contributed by atoms with Crippen LogP contribution < -0.4 is 5.73 Å². The van der Waals surface area contributed by atoms with Crippen LogP contribution in [0, 0.1) is 0 Å². The number of carbonyl (C=O) groups excluding carboxylic acids is 2. The molecule has 0 bridgehead atoms. The predicted molar refractivity (Wildman–Crippen MR) is 84.3 cm³/mol. The molecule has 0 saturated carbocycles. The number of likely N-dealkylation sites (N-methyl/N-ethyl adjacent to an activating group) is 1. The van der Waals surface area contributed by atoms with Gasteiger partial charge < -0.3 is 14.9 Å². The highest BCUT2D eigenvalue weighted by Gasteiger charge is 2.71. The van der Waals surface area contributed by atoms with Crippen LogP contribution >= 0.6 is 0 Å². The minimum atomic E-state index is -2.05. The van der Waals surface area contributed by atoms with Gasteiger partial charge in [0.1, 0.15) is 6.10 Å². The van der Waals surface area contributed by atoms with Gasteiger partial charge in [-0.3, -0.25) is 14.4 Å². The number of hydroxylamine groups is 2. The van der Waals surface area contributed by atoms with Gasteiger partial charge in [-0.2, -0.15) is 0 Å². The highest BCUT2D eigenvalue weighted by atomic mass is 28.4. The SMILES string of the molecule is CON(C)C(=O)[C@]1(C(N)=O)O[C@H]1[C@@H](C)O[Si](C)(C)C(C)(C)C. The number of hydrogen-bond donors (Lipinski definition) is 1. The Kier molecular flexibility index (Phi) is 5.13. The molecular formula is C14H28N2O5Si. The van der Waals surface area contributed by atoms with E-state index in [4.69, 9.17) is 19.7 Å². The highest BCUT2D eigenvalue weighted by Crippen LogP contribution is 2.44. The molecule has 0 aromatic carbocycles. The first-order chi connectivity index (χ1) is 9.81. The second-order valence-corrected chi connectivity index (χ2v) is 12.0. The van der Waals surface area contributed by atoms with E-state index in [1.165, 1.54) is 14.2 Å². The Bertz CT molecular complexity index is 463. The highest BCUT2D eigenvalue weighted by molar-refractivity contribution is 6.74. The van der Waals surface area contributed by atoms with Gasteiger partial charge in [-0.15, -0.1) is 0 Å². The molecule has 1 aliphatic heterocycles. The molecule has 1 rings (SSSR count). The summed E-state index contributed by atoms with van der Waals surface area (Å²) in [5, 5.41) is 0.961. The summed E-state index contributed by atoms with van der Waals surface area (Å²) in [5.41, 5.74) is 3.70. The molecule has 22 heavy (non-hydrogen) atoms. The van der Waals surface area contributed by atoms with Crippen molar-refractivity contribution in [3.63, 3.8) is 0 Å². The fraction of sp³-hybridized carbons (Fsp3) is 0.857. The average molecular weight is 332 g/mol. The van der Waals surface area contributed by atoms with Crippen molar-refractivity contribution < 1.29 is 23.6 Å². The van der Waals surface area contributed by atoms with Crippen LogP contribution in [0.25, 0.3) is 0 Å². The van der Waals surface area contributed by atoms with Crippen molar-refractivity contribution >= 4 is 20.1 Å². The Balaban J connectivity index is 2.91. The fourth-order valence-electron chi connectivity index (χ4n) is 2.09. The van der Waals surface area contributed by atoms with Gasteiger partial charge in [0.2, 0.25) is 0 Å². The van der Waals surface area contributed by atoms with E-state index < -0.39 is 37.9 Å². The van der Waals surface area contributed by atoms with E-state index >= 15 is 0 Å². The number of amides is 2. The number of epoxide rings is 1. The van der Waals surface area contributed by atoms with Crippen LogP contribution in [0.1, 0.15) is 27.7 Å². The number of rotatable bonds is 6. The molecule has 1 saturated heterocycles. The van der Waals surface area contributed by atoms with Crippen LogP contribution in [0.5, 0.6) is 0 Å². The summed E-state index contributed by atoms with van der Waals surface area (Å²) >= 11 is 0. The first-order valence-electron chi connectivity index (χ1n) is 7.29. The van der Waals surface area contributed by atoms with E-state index in [0.29, 0.717) is 0 Å². The molecule has 7 nitrogen and oxygen atoms in total. The third-order valence-electron chi connectivity index (χ3n) is 4.61. The summed E-state index contributed by atoms with van der Waals surface area (Å²) in [7, 11) is 0.694. The fourth-order valence-corrected chi connectivity index (χ4v) is 3.50. The van der Waals surface area contributed by atoms with E-state index in [1.54, 1.807) is 6.92 Å². The molecule has 0 aromatic rings. The largest absolute Gasteiger partial charge is 0.411 e. The molecule has 0 radical (unpaired) electrons. The molecule has 0 aliphatic carbocycles. The van der Waals surface area contributed by atoms with Crippen LogP contribution in [-0.2, 0) is 23.6 Å². The molecular weight excluding hydrogens is 304 g/mol. The van der Waals surface area contributed by atoms with Crippen molar-refractivity contribution in [2.75, 3.05) is 14.2 Å². The van der Waals surface area contributed by atoms with Gasteiger partial charge >= 0.3 is 0 Å². The monoisotopic (exact) mass is 332 g/mol. The summed E-state index contributed by atoms with van der Waals surface area (Å²) in [5.74, 6) is -1.43. The first-order valence-corrected chi connectivity index (χ1v) is 10.2. The number of primary amides is 1. The van der Waals surface area contributed by atoms with Gasteiger partial charge in [0.25, 0.3) is 17.4 Å². The molecule has 3 atom stereocenters. The molecule has 128 valence electrons. The van der Waals surface area contributed by atoms with Gasteiger partial charge in [-0.1, -0.05) is 20.8 Å². The Morgan fingerprint density at radius 2 is 1.86 bits per heavy atom. The van der Waals surface area contributed by atoms with Gasteiger partial charge in [0.05, 0.1) is 13.2 Å². The summed E-state index contributed by atoms with van der Waals surface area (Å²) in [4.78, 5) is 28.9. The topological polar surface area (TPSA) is 94.4 Å². The lowest BCUT2D eigenvalue weighted by Gasteiger charge is -2.38. The maximum atomic E-state index is 12.3. The van der Waals surface area contributed by atoms with Crippen molar-refractivity contribution in [3.05, 3.63) is 0 Å². The third kappa shape index (κ3) is 3.19. The van der Waals surface area contributed by atoms with Gasteiger partial charge in [0.15, 0.2) is 8.32 Å². The van der Waals surface area contributed by atoms with Gasteiger partial charge in [0, 0.05) is 7.05 Å². The lowest BCUT2D eigenvalue weighted by atomic mass is 10.0. The predicted octanol–water partition coefficient (Wildman–Crippen LogP) is 1.04. The van der Waals surface area contributed by atoms with E-state index in [0.717, 1.165) is 5.06 Å². The number of ether oxygens (including phenoxy) is 1. The summed E-state index contributed by atoms with van der Waals surface area (Å²) in [6, 6.07) is 0. The van der Waals surface area contributed by atoms with E-state index in [1.807, 2.05) is 0 Å². The zero-order valence-electron chi connectivity index (χ0n) is 14.7. The minimum absolute atomic E-state index is 0.0128. The maximum Gasteiger partial charge on any atom is 0.290 e. The van der Waals surface area contributed by atoms with Gasteiger partial charge in [-0.05, 0) is 25.1 Å². The van der Waals surface area contributed by atoms with E-state index in [-0.39, 0.29) is 5.04 Å². The smallest absolute Gasteiger partial charge is 0.290 e. The molecule has 8 heteroatoms. The molecule has 1 heterocycles. The number of nitrogens with two attached hydrogens (primary N) is 1. The lowest BCUT2D eigenvalue weighted by molar-refractivity contribution is -0.175. The Hall–Kier alpha value is -0.963. The van der Waals surface area contributed by atoms with Crippen LogP contribution in [-0.4, -0.2) is 57.2 Å².